The Labute approximate surface area is 106 Å². The number of aromatic nitrogens is 2. The molecule has 0 N–H and O–H groups in total. The zero-order valence-corrected chi connectivity index (χ0v) is 10.9. The van der Waals surface area contributed by atoms with Gasteiger partial charge in [-0.15, -0.1) is 0 Å². The van der Waals surface area contributed by atoms with Crippen LogP contribution in [0.2, 0.25) is 0 Å². The third-order valence-corrected chi connectivity index (χ3v) is 2.75. The van der Waals surface area contributed by atoms with Crippen LogP contribution in [0.25, 0.3) is 5.65 Å². The van der Waals surface area contributed by atoms with E-state index in [2.05, 4.69) is 9.88 Å². The van der Waals surface area contributed by atoms with E-state index in [1.54, 1.807) is 10.5 Å². The van der Waals surface area contributed by atoms with Gasteiger partial charge in [0.25, 0.3) is 0 Å². The average Bonchev–Trinajstić information content (AvgIpc) is 2.77. The van der Waals surface area contributed by atoms with Crippen LogP contribution in [0, 0.1) is 0 Å². The van der Waals surface area contributed by atoms with Gasteiger partial charge in [0.1, 0.15) is 11.3 Å². The van der Waals surface area contributed by atoms with Crippen LogP contribution < -0.4 is 0 Å². The fraction of sp³-hybridized carbons (Fsp3) is 0.385. The summed E-state index contributed by atoms with van der Waals surface area (Å²) >= 11 is 0. The lowest BCUT2D eigenvalue weighted by atomic mass is 10.3. The van der Waals surface area contributed by atoms with Crippen molar-refractivity contribution in [1.82, 2.24) is 14.3 Å². The van der Waals surface area contributed by atoms with Gasteiger partial charge >= 0.3 is 5.97 Å². The van der Waals surface area contributed by atoms with E-state index in [1.807, 2.05) is 32.4 Å². The molecule has 5 nitrogen and oxygen atoms in total. The highest BCUT2D eigenvalue weighted by atomic mass is 16.5. The van der Waals surface area contributed by atoms with Crippen molar-refractivity contribution in [3.05, 3.63) is 35.8 Å². The molecule has 0 spiro atoms. The van der Waals surface area contributed by atoms with E-state index >= 15 is 0 Å². The van der Waals surface area contributed by atoms with E-state index in [1.165, 1.54) is 7.11 Å². The molecule has 0 aliphatic rings. The summed E-state index contributed by atoms with van der Waals surface area (Å²) in [4.78, 5) is 18.2. The van der Waals surface area contributed by atoms with Crippen LogP contribution in [0.1, 0.15) is 16.2 Å². The topological polar surface area (TPSA) is 46.8 Å². The summed E-state index contributed by atoms with van der Waals surface area (Å²) in [5.41, 5.74) is 2.24. The Hall–Kier alpha value is -1.88. The first kappa shape index (κ1) is 12.6. The van der Waals surface area contributed by atoms with Gasteiger partial charge in [0.2, 0.25) is 0 Å². The van der Waals surface area contributed by atoms with E-state index in [9.17, 15) is 4.79 Å². The number of hydrogen-bond donors (Lipinski definition) is 0. The van der Waals surface area contributed by atoms with E-state index in [0.717, 1.165) is 24.3 Å². The van der Waals surface area contributed by atoms with Crippen LogP contribution >= 0.6 is 0 Å². The van der Waals surface area contributed by atoms with Gasteiger partial charge in [-0.1, -0.05) is 6.07 Å². The molecular weight excluding hydrogens is 230 g/mol. The number of hydrogen-bond acceptors (Lipinski definition) is 4. The predicted octanol–water partition coefficient (Wildman–Crippen LogP) is 1.22. The number of nitrogens with zero attached hydrogens (tertiary/aromatic N) is 3. The van der Waals surface area contributed by atoms with E-state index in [-0.39, 0.29) is 5.97 Å². The number of rotatable bonds is 4. The smallest absolute Gasteiger partial charge is 0.355 e. The Morgan fingerprint density at radius 2 is 2.22 bits per heavy atom. The van der Waals surface area contributed by atoms with Crippen LogP contribution in [0.5, 0.6) is 0 Å². The molecule has 2 aromatic heterocycles. The number of pyridine rings is 1. The number of fused-ring (bicyclic) bond motifs is 1. The van der Waals surface area contributed by atoms with Crippen LogP contribution in [-0.2, 0) is 11.2 Å². The maximum absolute atomic E-state index is 11.6. The van der Waals surface area contributed by atoms with Crippen molar-refractivity contribution < 1.29 is 9.53 Å². The first-order valence-corrected chi connectivity index (χ1v) is 5.82. The van der Waals surface area contributed by atoms with Crippen molar-refractivity contribution in [2.75, 3.05) is 27.7 Å². The molecule has 2 rings (SSSR count). The second kappa shape index (κ2) is 5.18. The van der Waals surface area contributed by atoms with Crippen LogP contribution in [-0.4, -0.2) is 48.0 Å². The third-order valence-electron chi connectivity index (χ3n) is 2.75. The molecule has 18 heavy (non-hydrogen) atoms. The lowest BCUT2D eigenvalue weighted by Gasteiger charge is -2.06. The van der Waals surface area contributed by atoms with Crippen molar-refractivity contribution in [1.29, 1.82) is 0 Å². The van der Waals surface area contributed by atoms with Gasteiger partial charge in [0, 0.05) is 19.2 Å². The third kappa shape index (κ3) is 2.51. The quantitative estimate of drug-likeness (QED) is 0.762. The van der Waals surface area contributed by atoms with E-state index in [4.69, 9.17) is 4.74 Å². The first-order valence-electron chi connectivity index (χ1n) is 5.82. The molecule has 0 amide bonds. The minimum atomic E-state index is -0.350. The van der Waals surface area contributed by atoms with Gasteiger partial charge in [0.15, 0.2) is 0 Å². The Bertz CT molecular complexity index is 560. The van der Waals surface area contributed by atoms with Crippen LogP contribution in [0.4, 0.5) is 0 Å². The summed E-state index contributed by atoms with van der Waals surface area (Å²) < 4.78 is 6.53. The zero-order chi connectivity index (χ0) is 13.1. The normalized spacial score (nSPS) is 11.1. The largest absolute Gasteiger partial charge is 0.464 e. The molecule has 96 valence electrons. The molecule has 0 unspecified atom stereocenters. The van der Waals surface area contributed by atoms with Crippen LogP contribution in [0.15, 0.2) is 24.4 Å². The fourth-order valence-electron chi connectivity index (χ4n) is 1.79. The maximum Gasteiger partial charge on any atom is 0.355 e. The highest BCUT2D eigenvalue weighted by Gasteiger charge is 2.11. The summed E-state index contributed by atoms with van der Waals surface area (Å²) in [7, 11) is 5.43. The van der Waals surface area contributed by atoms with Crippen molar-refractivity contribution in [3.63, 3.8) is 0 Å². The summed E-state index contributed by atoms with van der Waals surface area (Å²) in [6, 6.07) is 5.42. The maximum atomic E-state index is 11.6. The van der Waals surface area contributed by atoms with Crippen molar-refractivity contribution >= 4 is 11.6 Å². The summed E-state index contributed by atoms with van der Waals surface area (Å²) in [6.45, 7) is 0.928. The number of imidazole rings is 1. The Balaban J connectivity index is 2.35. The second-order valence-corrected chi connectivity index (χ2v) is 4.42. The molecule has 0 aromatic carbocycles. The molecule has 2 heterocycles. The van der Waals surface area contributed by atoms with Gasteiger partial charge in [-0.2, -0.15) is 0 Å². The van der Waals surface area contributed by atoms with Gasteiger partial charge in [-0.25, -0.2) is 9.78 Å². The van der Waals surface area contributed by atoms with Crippen molar-refractivity contribution in [2.45, 2.75) is 6.42 Å². The fourth-order valence-corrected chi connectivity index (χ4v) is 1.79. The standard InChI is InChI=1S/C13H17N3O2/c1-15(2)8-7-10-9-16-11(13(17)18-3)5-4-6-12(16)14-10/h4-6,9H,7-8H2,1-3H3. The summed E-state index contributed by atoms with van der Waals surface area (Å²) in [6.07, 6.45) is 2.75. The number of esters is 1. The summed E-state index contributed by atoms with van der Waals surface area (Å²) in [5, 5.41) is 0. The molecule has 2 aromatic rings. The van der Waals surface area contributed by atoms with Gasteiger partial charge in [-0.05, 0) is 26.2 Å². The monoisotopic (exact) mass is 247 g/mol. The van der Waals surface area contributed by atoms with Gasteiger partial charge in [0.05, 0.1) is 12.8 Å². The molecule has 0 saturated heterocycles. The van der Waals surface area contributed by atoms with E-state index in [0.29, 0.717) is 5.69 Å². The highest BCUT2D eigenvalue weighted by Crippen LogP contribution is 2.10. The second-order valence-electron chi connectivity index (χ2n) is 4.42. The number of likely N-dealkylation sites (N-methyl/N-ethyl adjacent to an activating group) is 1. The lowest BCUT2D eigenvalue weighted by Crippen LogP contribution is -2.15. The first-order chi connectivity index (χ1) is 8.61. The molecule has 0 bridgehead atoms. The molecule has 5 heteroatoms. The molecule has 0 aliphatic carbocycles. The van der Waals surface area contributed by atoms with Crippen molar-refractivity contribution in [3.8, 4) is 0 Å². The Morgan fingerprint density at radius 1 is 1.44 bits per heavy atom. The van der Waals surface area contributed by atoms with Gasteiger partial charge < -0.3 is 9.64 Å². The molecule has 0 radical (unpaired) electrons. The number of ether oxygens (including phenoxy) is 1. The summed E-state index contributed by atoms with van der Waals surface area (Å²) in [5.74, 6) is -0.350. The van der Waals surface area contributed by atoms with Crippen molar-refractivity contribution in [2.24, 2.45) is 0 Å². The molecule has 0 fully saturated rings. The minimum absolute atomic E-state index is 0.350. The Morgan fingerprint density at radius 3 is 2.89 bits per heavy atom. The van der Waals surface area contributed by atoms with Gasteiger partial charge in [-0.3, -0.25) is 4.40 Å². The van der Waals surface area contributed by atoms with E-state index < -0.39 is 0 Å². The van der Waals surface area contributed by atoms with Crippen LogP contribution in [0.3, 0.4) is 0 Å². The number of carbonyl (C=O) groups is 1. The lowest BCUT2D eigenvalue weighted by molar-refractivity contribution is 0.0592. The zero-order valence-electron chi connectivity index (χ0n) is 10.9. The highest BCUT2D eigenvalue weighted by molar-refractivity contribution is 5.88. The molecule has 0 saturated carbocycles. The Kier molecular flexibility index (Phi) is 3.62. The predicted molar refractivity (Wildman–Crippen MR) is 68.8 cm³/mol. The average molecular weight is 247 g/mol. The SMILES string of the molecule is COC(=O)c1cccc2nc(CCN(C)C)cn12. The minimum Gasteiger partial charge on any atom is -0.464 e. The number of methoxy groups -OCH3 is 1. The molecular formula is C13H17N3O2. The molecule has 0 aliphatic heterocycles. The molecule has 0 atom stereocenters. The number of carbonyl (C=O) groups excluding carboxylic acids is 1.